The van der Waals surface area contributed by atoms with Gasteiger partial charge in [0.25, 0.3) is 0 Å². The number of hydrogen-bond donors (Lipinski definition) is 2. The molecule has 2 aromatic carbocycles. The van der Waals surface area contributed by atoms with Gasteiger partial charge in [-0.05, 0) is 41.2 Å². The fourth-order valence-corrected chi connectivity index (χ4v) is 6.01. The fraction of sp³-hybridized carbons (Fsp3) is 0.370. The van der Waals surface area contributed by atoms with Crippen molar-refractivity contribution in [2.45, 2.75) is 49.4 Å². The number of fused-ring (bicyclic) bond motifs is 3. The number of aromatic nitrogens is 2. The maximum absolute atomic E-state index is 12.5. The maximum atomic E-state index is 12.5. The van der Waals surface area contributed by atoms with Crippen molar-refractivity contribution in [3.63, 3.8) is 0 Å². The Morgan fingerprint density at radius 3 is 2.37 bits per heavy atom. The molecule has 0 radical (unpaired) electrons. The van der Waals surface area contributed by atoms with Crippen molar-refractivity contribution in [3.05, 3.63) is 77.6 Å². The highest BCUT2D eigenvalue weighted by Gasteiger charge is 2.29. The SMILES string of the molecule is O=C(NC(CSCc1ccn(C2CCCC2)n1)C(=O)O)OCC1c2ccccc2-c2ccccc21. The molecule has 0 spiro atoms. The van der Waals surface area contributed by atoms with Crippen LogP contribution in [0.5, 0.6) is 0 Å². The third kappa shape index (κ3) is 5.22. The fourth-order valence-electron chi connectivity index (χ4n) is 5.06. The molecule has 2 aliphatic rings. The van der Waals surface area contributed by atoms with Gasteiger partial charge in [0.15, 0.2) is 0 Å². The lowest BCUT2D eigenvalue weighted by Crippen LogP contribution is -2.43. The van der Waals surface area contributed by atoms with Crippen LogP contribution < -0.4 is 5.32 Å². The van der Waals surface area contributed by atoms with Crippen LogP contribution in [0.1, 0.15) is 54.5 Å². The summed E-state index contributed by atoms with van der Waals surface area (Å²) in [6.07, 6.45) is 6.12. The zero-order valence-corrected chi connectivity index (χ0v) is 20.2. The molecule has 1 amide bonds. The number of carbonyl (C=O) groups is 2. The van der Waals surface area contributed by atoms with Gasteiger partial charge in [-0.2, -0.15) is 16.9 Å². The Morgan fingerprint density at radius 2 is 1.71 bits per heavy atom. The van der Waals surface area contributed by atoms with Crippen molar-refractivity contribution < 1.29 is 19.4 Å². The van der Waals surface area contributed by atoms with E-state index in [0.717, 1.165) is 27.9 Å². The molecule has 1 fully saturated rings. The second-order valence-electron chi connectivity index (χ2n) is 9.10. The number of carboxylic acids is 1. The Bertz CT molecular complexity index is 1160. The van der Waals surface area contributed by atoms with Crippen LogP contribution in [0, 0.1) is 0 Å². The average molecular weight is 492 g/mol. The molecule has 35 heavy (non-hydrogen) atoms. The van der Waals surface area contributed by atoms with E-state index in [9.17, 15) is 14.7 Å². The second-order valence-corrected chi connectivity index (χ2v) is 10.1. The number of nitrogens with one attached hydrogen (secondary N) is 1. The van der Waals surface area contributed by atoms with Crippen LogP contribution >= 0.6 is 11.8 Å². The summed E-state index contributed by atoms with van der Waals surface area (Å²) in [5.74, 6) is -0.325. The summed E-state index contributed by atoms with van der Waals surface area (Å²) in [5, 5.41) is 16.8. The van der Waals surface area contributed by atoms with Crippen LogP contribution in [0.4, 0.5) is 4.79 Å². The molecule has 1 aromatic heterocycles. The summed E-state index contributed by atoms with van der Waals surface area (Å²) < 4.78 is 7.54. The zero-order valence-electron chi connectivity index (χ0n) is 19.4. The number of ether oxygens (including phenoxy) is 1. The normalized spacial score (nSPS) is 16.0. The van der Waals surface area contributed by atoms with E-state index in [1.165, 1.54) is 37.4 Å². The van der Waals surface area contributed by atoms with E-state index >= 15 is 0 Å². The van der Waals surface area contributed by atoms with Crippen molar-refractivity contribution in [3.8, 4) is 11.1 Å². The van der Waals surface area contributed by atoms with Gasteiger partial charge >= 0.3 is 12.1 Å². The molecule has 0 bridgehead atoms. The first-order chi connectivity index (χ1) is 17.1. The van der Waals surface area contributed by atoms with Crippen LogP contribution in [-0.2, 0) is 15.3 Å². The van der Waals surface area contributed by atoms with E-state index in [2.05, 4.69) is 22.5 Å². The lowest BCUT2D eigenvalue weighted by Gasteiger charge is -2.17. The minimum absolute atomic E-state index is 0.0687. The van der Waals surface area contributed by atoms with Gasteiger partial charge in [0.2, 0.25) is 0 Å². The molecule has 1 unspecified atom stereocenters. The molecule has 1 saturated carbocycles. The zero-order chi connectivity index (χ0) is 24.2. The molecule has 7 nitrogen and oxygen atoms in total. The highest BCUT2D eigenvalue weighted by Crippen LogP contribution is 2.44. The predicted molar refractivity (Wildman–Crippen MR) is 136 cm³/mol. The van der Waals surface area contributed by atoms with Gasteiger partial charge in [0.05, 0.1) is 11.7 Å². The number of aliphatic carboxylic acids is 1. The van der Waals surface area contributed by atoms with E-state index in [4.69, 9.17) is 4.74 Å². The molecule has 1 heterocycles. The number of hydrogen-bond acceptors (Lipinski definition) is 5. The topological polar surface area (TPSA) is 93.5 Å². The molecule has 0 saturated heterocycles. The van der Waals surface area contributed by atoms with Gasteiger partial charge in [0.1, 0.15) is 12.6 Å². The first kappa shape index (κ1) is 23.5. The Hall–Kier alpha value is -3.26. The number of benzene rings is 2. The molecule has 1 atom stereocenters. The lowest BCUT2D eigenvalue weighted by atomic mass is 9.98. The van der Waals surface area contributed by atoms with Crippen LogP contribution in [0.3, 0.4) is 0 Å². The van der Waals surface area contributed by atoms with Gasteiger partial charge in [-0.1, -0.05) is 61.4 Å². The number of carbonyl (C=O) groups excluding carboxylic acids is 1. The van der Waals surface area contributed by atoms with Crippen LogP contribution in [-0.4, -0.2) is 45.4 Å². The smallest absolute Gasteiger partial charge is 0.407 e. The Labute approximate surface area is 208 Å². The summed E-state index contributed by atoms with van der Waals surface area (Å²) in [4.78, 5) is 24.2. The highest BCUT2D eigenvalue weighted by atomic mass is 32.2. The van der Waals surface area contributed by atoms with Crippen molar-refractivity contribution in [2.75, 3.05) is 12.4 Å². The number of nitrogens with zero attached hydrogens (tertiary/aromatic N) is 2. The van der Waals surface area contributed by atoms with E-state index in [0.29, 0.717) is 11.8 Å². The monoisotopic (exact) mass is 491 g/mol. The van der Waals surface area contributed by atoms with E-state index in [1.54, 1.807) is 0 Å². The minimum atomic E-state index is -1.08. The van der Waals surface area contributed by atoms with E-state index in [1.807, 2.05) is 53.3 Å². The second kappa shape index (κ2) is 10.6. The predicted octanol–water partition coefficient (Wildman–Crippen LogP) is 5.22. The summed E-state index contributed by atoms with van der Waals surface area (Å²) in [5.41, 5.74) is 5.44. The number of rotatable bonds is 9. The summed E-state index contributed by atoms with van der Waals surface area (Å²) in [6, 6.07) is 17.6. The number of amides is 1. The molecule has 3 aromatic rings. The summed E-state index contributed by atoms with van der Waals surface area (Å²) >= 11 is 1.44. The highest BCUT2D eigenvalue weighted by molar-refractivity contribution is 7.98. The number of alkyl carbamates (subject to hydrolysis) is 1. The first-order valence-electron chi connectivity index (χ1n) is 12.1. The Balaban J connectivity index is 1.13. The van der Waals surface area contributed by atoms with Crippen molar-refractivity contribution in [1.29, 1.82) is 0 Å². The van der Waals surface area contributed by atoms with Gasteiger partial charge < -0.3 is 15.2 Å². The summed E-state index contributed by atoms with van der Waals surface area (Å²) in [6.45, 7) is 0.151. The Morgan fingerprint density at radius 1 is 1.06 bits per heavy atom. The quantitative estimate of drug-likeness (QED) is 0.426. The van der Waals surface area contributed by atoms with Crippen LogP contribution in [0.15, 0.2) is 60.8 Å². The van der Waals surface area contributed by atoms with Gasteiger partial charge in [0, 0.05) is 23.6 Å². The van der Waals surface area contributed by atoms with Crippen molar-refractivity contribution in [2.24, 2.45) is 0 Å². The van der Waals surface area contributed by atoms with Crippen LogP contribution in [0.2, 0.25) is 0 Å². The molecule has 2 N–H and O–H groups in total. The van der Waals surface area contributed by atoms with Gasteiger partial charge in [-0.15, -0.1) is 0 Å². The van der Waals surface area contributed by atoms with E-state index < -0.39 is 18.1 Å². The van der Waals surface area contributed by atoms with Crippen LogP contribution in [0.25, 0.3) is 11.1 Å². The lowest BCUT2D eigenvalue weighted by molar-refractivity contribution is -0.138. The molecular formula is C27H29N3O4S. The molecule has 182 valence electrons. The number of carboxylic acid groups (broad SMARTS) is 1. The molecular weight excluding hydrogens is 462 g/mol. The Kier molecular flexibility index (Phi) is 7.08. The molecule has 2 aliphatic carbocycles. The maximum Gasteiger partial charge on any atom is 0.407 e. The number of thioether (sulfide) groups is 1. The standard InChI is InChI=1S/C27H29N3O4S/c31-26(32)25(17-35-16-18-13-14-30(29-18)19-7-1-2-8-19)28-27(33)34-15-24-22-11-5-3-9-20(22)21-10-4-6-12-23(21)24/h3-6,9-14,19,24-25H,1-2,7-8,15-17H2,(H,28,33)(H,31,32). The summed E-state index contributed by atoms with van der Waals surface area (Å²) in [7, 11) is 0. The first-order valence-corrected chi connectivity index (χ1v) is 13.2. The molecule has 5 rings (SSSR count). The van der Waals surface area contributed by atoms with Gasteiger partial charge in [-0.3, -0.25) is 4.68 Å². The van der Waals surface area contributed by atoms with Gasteiger partial charge in [-0.25, -0.2) is 9.59 Å². The molecule has 8 heteroatoms. The van der Waals surface area contributed by atoms with E-state index in [-0.39, 0.29) is 18.3 Å². The van der Waals surface area contributed by atoms with Crippen molar-refractivity contribution in [1.82, 2.24) is 15.1 Å². The minimum Gasteiger partial charge on any atom is -0.480 e. The third-order valence-electron chi connectivity index (χ3n) is 6.83. The third-order valence-corrected chi connectivity index (χ3v) is 7.90. The molecule has 0 aliphatic heterocycles. The van der Waals surface area contributed by atoms with Crippen molar-refractivity contribution >= 4 is 23.8 Å². The average Bonchev–Trinajstić information content (AvgIpc) is 3.61. The largest absolute Gasteiger partial charge is 0.480 e.